The summed E-state index contributed by atoms with van der Waals surface area (Å²) in [5.74, 6) is 0. The van der Waals surface area contributed by atoms with Gasteiger partial charge in [0, 0.05) is 33.6 Å². The molecule has 5 heteroatoms. The van der Waals surface area contributed by atoms with E-state index in [1.807, 2.05) is 0 Å². The van der Waals surface area contributed by atoms with Crippen molar-refractivity contribution in [3.63, 3.8) is 0 Å². The summed E-state index contributed by atoms with van der Waals surface area (Å²) in [5.41, 5.74) is 0. The van der Waals surface area contributed by atoms with Crippen LogP contribution in [0.1, 0.15) is 1.43 Å². The molecule has 0 radical (unpaired) electrons. The minimum atomic E-state index is 0. The molecule has 0 spiro atoms. The summed E-state index contributed by atoms with van der Waals surface area (Å²) in [6.07, 6.45) is 0. The van der Waals surface area contributed by atoms with E-state index in [0.717, 1.165) is 0 Å². The van der Waals surface area contributed by atoms with Gasteiger partial charge in [0.15, 0.2) is 0 Å². The normalized spacial score (nSPS) is 1.20. The summed E-state index contributed by atoms with van der Waals surface area (Å²) < 4.78 is 0. The number of rotatable bonds is 0. The molecule has 0 aromatic rings. The van der Waals surface area contributed by atoms with Gasteiger partial charge in [0.25, 0.3) is 0 Å². The second-order valence-electron chi connectivity index (χ2n) is 0. The van der Waals surface area contributed by atoms with Crippen molar-refractivity contribution < 1.29 is 53.8 Å². The predicted octanol–water partition coefficient (Wildman–Crippen LogP) is -2.13. The Kier molecular flexibility index (Phi) is 177. The predicted molar refractivity (Wildman–Crippen MR) is 19.1 cm³/mol. The van der Waals surface area contributed by atoms with Crippen LogP contribution >= 0.6 is 23.3 Å². The second-order valence-corrected chi connectivity index (χ2v) is 0. The van der Waals surface area contributed by atoms with Gasteiger partial charge >= 0.3 is 18.9 Å². The maximum Gasteiger partial charge on any atom is 1.00 e. The fourth-order valence-corrected chi connectivity index (χ4v) is 0. The summed E-state index contributed by atoms with van der Waals surface area (Å²) in [6, 6.07) is 0. The van der Waals surface area contributed by atoms with Crippen LogP contribution in [0, 0.1) is 0 Å². The van der Waals surface area contributed by atoms with Crippen molar-refractivity contribution in [2.24, 2.45) is 0 Å². The third kappa shape index (κ3) is 22.0. The average molecular weight is 189 g/mol. The maximum atomic E-state index is 3.22. The Hall–Kier alpha value is 2.31. The molecule has 0 saturated carbocycles. The maximum absolute atomic E-state index is 3.22. The van der Waals surface area contributed by atoms with Gasteiger partial charge in [-0.15, -0.1) is 23.3 Å². The Morgan fingerprint density at radius 1 is 1.20 bits per heavy atom. The first kappa shape index (κ1) is 26.6. The molecule has 0 unspecified atom stereocenters. The monoisotopic (exact) mass is 188 g/mol. The van der Waals surface area contributed by atoms with Crippen LogP contribution in [-0.4, -0.2) is 0 Å². The Morgan fingerprint density at radius 2 is 1.20 bits per heavy atom. The molecular formula is H3FeLiNiS2. The van der Waals surface area contributed by atoms with Gasteiger partial charge in [-0.25, -0.2) is 0 Å². The Morgan fingerprint density at radius 3 is 1.20 bits per heavy atom. The van der Waals surface area contributed by atoms with Gasteiger partial charge in [-0.1, -0.05) is 0 Å². The molecule has 0 amide bonds. The van der Waals surface area contributed by atoms with Crippen LogP contribution in [-0.2, 0) is 33.6 Å². The van der Waals surface area contributed by atoms with Crippen LogP contribution in [0.3, 0.4) is 0 Å². The van der Waals surface area contributed by atoms with Gasteiger partial charge in [-0.05, 0) is 0 Å². The van der Waals surface area contributed by atoms with Gasteiger partial charge in [-0.2, -0.15) is 0 Å². The molecule has 0 aliphatic carbocycles. The van der Waals surface area contributed by atoms with Crippen molar-refractivity contribution in [3.8, 4) is 0 Å². The molecule has 34 valence electrons. The van der Waals surface area contributed by atoms with Crippen molar-refractivity contribution in [2.45, 2.75) is 0 Å². The van der Waals surface area contributed by atoms with Crippen LogP contribution in [0.5, 0.6) is 0 Å². The van der Waals surface area contributed by atoms with E-state index in [4.69, 9.17) is 0 Å². The number of thiol groups is 2. The van der Waals surface area contributed by atoms with E-state index in [1.54, 1.807) is 0 Å². The molecule has 0 bridgehead atoms. The van der Waals surface area contributed by atoms with Gasteiger partial charge in [0.1, 0.15) is 0 Å². The molecule has 0 aromatic carbocycles. The quantitative estimate of drug-likeness (QED) is 0.242. The van der Waals surface area contributed by atoms with Crippen molar-refractivity contribution >= 4 is 23.3 Å². The smallest absolute Gasteiger partial charge is 1.00 e. The fraction of sp³-hybridized carbons (Fsp3) is 0. The number of hydrogen-bond acceptors (Lipinski definition) is 2. The van der Waals surface area contributed by atoms with E-state index < -0.39 is 0 Å². The van der Waals surface area contributed by atoms with Gasteiger partial charge < -0.3 is 1.43 Å². The van der Waals surface area contributed by atoms with E-state index >= 15 is 0 Å². The summed E-state index contributed by atoms with van der Waals surface area (Å²) in [6.45, 7) is 0. The second kappa shape index (κ2) is 33.3. The summed E-state index contributed by atoms with van der Waals surface area (Å²) >= 11 is 6.44. The molecule has 0 atom stereocenters. The fourth-order valence-electron chi connectivity index (χ4n) is 0. The zero-order chi connectivity index (χ0) is 2.00. The Balaban J connectivity index is -0.000000000833. The molecule has 0 N–H and O–H groups in total. The van der Waals surface area contributed by atoms with E-state index in [1.165, 1.54) is 0 Å². The molecular weight excluding hydrogens is 186 g/mol. The minimum absolute atomic E-state index is 0. The molecule has 0 fully saturated rings. The Labute approximate surface area is 76.5 Å². The summed E-state index contributed by atoms with van der Waals surface area (Å²) in [5, 5.41) is 0. The van der Waals surface area contributed by atoms with Crippen LogP contribution in [0.2, 0.25) is 0 Å². The molecule has 0 nitrogen and oxygen atoms in total. The molecule has 0 rings (SSSR count). The van der Waals surface area contributed by atoms with Crippen LogP contribution < -0.4 is 18.9 Å². The molecule has 0 saturated heterocycles. The van der Waals surface area contributed by atoms with Gasteiger partial charge in [0.05, 0.1) is 0 Å². The van der Waals surface area contributed by atoms with E-state index in [9.17, 15) is 0 Å². The average Bonchev–Trinajstić information content (AvgIpc) is 1.00. The third-order valence-electron chi connectivity index (χ3n) is 0. The first-order valence-electron chi connectivity index (χ1n) is 0.200. The van der Waals surface area contributed by atoms with Gasteiger partial charge in [-0.3, -0.25) is 0 Å². The topological polar surface area (TPSA) is 0 Å². The summed E-state index contributed by atoms with van der Waals surface area (Å²) in [4.78, 5) is 0. The first-order valence-corrected chi connectivity index (χ1v) is 1.80. The van der Waals surface area contributed by atoms with Crippen molar-refractivity contribution in [3.05, 3.63) is 0 Å². The summed E-state index contributed by atoms with van der Waals surface area (Å²) in [7, 11) is 0. The molecule has 5 heavy (non-hydrogen) atoms. The molecule has 0 heterocycles. The van der Waals surface area contributed by atoms with E-state index in [-0.39, 0.29) is 53.8 Å². The molecule has 0 aliphatic heterocycles. The van der Waals surface area contributed by atoms with Crippen LogP contribution in [0.25, 0.3) is 0 Å². The van der Waals surface area contributed by atoms with Crippen LogP contribution in [0.15, 0.2) is 0 Å². The van der Waals surface area contributed by atoms with Crippen LogP contribution in [0.4, 0.5) is 0 Å². The van der Waals surface area contributed by atoms with Crippen molar-refractivity contribution in [2.75, 3.05) is 0 Å². The largest absolute Gasteiger partial charge is 1.00 e. The standard InChI is InChI=1S/Fe.Li.Ni.H2S2.H/c;;;1-2;/h;;;1-2H;/q;+1;;;-1. The zero-order valence-corrected chi connectivity index (χ0v) is 6.44. The van der Waals surface area contributed by atoms with E-state index in [2.05, 4.69) is 23.3 Å². The minimum Gasteiger partial charge on any atom is -1.00 e. The van der Waals surface area contributed by atoms with Gasteiger partial charge in [0.2, 0.25) is 0 Å². The first-order chi connectivity index (χ1) is 1.00. The van der Waals surface area contributed by atoms with E-state index in [0.29, 0.717) is 0 Å². The molecule has 0 aromatic heterocycles. The third-order valence-corrected chi connectivity index (χ3v) is 0. The SMILES string of the molecule is SS.[Fe].[H-].[Li+].[Ni]. The molecule has 0 aliphatic rings. The van der Waals surface area contributed by atoms with Crippen molar-refractivity contribution in [1.82, 2.24) is 0 Å². The zero-order valence-electron chi connectivity index (χ0n) is 3.56. The van der Waals surface area contributed by atoms with Crippen molar-refractivity contribution in [1.29, 1.82) is 0 Å². The number of hydrogen-bond donors (Lipinski definition) is 2. The Bertz CT molecular complexity index is 13.5.